The number of aryl methyl sites for hydroxylation is 1. The minimum Gasteiger partial charge on any atom is -0.387 e. The topological polar surface area (TPSA) is 166 Å². The molecule has 11 heteroatoms. The van der Waals surface area contributed by atoms with Crippen LogP contribution in [-0.2, 0) is 41.6 Å². The first-order valence-corrected chi connectivity index (χ1v) is 16.4. The van der Waals surface area contributed by atoms with Crippen molar-refractivity contribution < 1.29 is 33.8 Å². The zero-order valence-electron chi connectivity index (χ0n) is 28.1. The molecule has 1 heterocycles. The average molecular weight is 651 g/mol. The molecule has 0 saturated carbocycles. The van der Waals surface area contributed by atoms with Crippen LogP contribution in [0.15, 0.2) is 60.7 Å². The highest BCUT2D eigenvalue weighted by Crippen LogP contribution is 2.29. The Labute approximate surface area is 277 Å². The average Bonchev–Trinajstić information content (AvgIpc) is 3.80. The maximum atomic E-state index is 13.8. The first-order chi connectivity index (χ1) is 22.3. The van der Waals surface area contributed by atoms with Gasteiger partial charge in [0.25, 0.3) is 0 Å². The SMILES string of the molecule is CC(C)CC(NC(=O)C(CCc1ccccc1)NC(=O)CO)C(=O)NC(Cc1ccccc1)C(=O)NC(CC(C)C)C(=O)[C@@]1(C)CO1. The Kier molecular flexibility index (Phi) is 14.1. The van der Waals surface area contributed by atoms with Gasteiger partial charge in [-0.2, -0.15) is 0 Å². The molecular formula is C36H50N4O7. The Hall–Kier alpha value is -4.09. The predicted molar refractivity (Wildman–Crippen MR) is 178 cm³/mol. The minimum absolute atomic E-state index is 0.00502. The first kappa shape index (κ1) is 37.4. The number of epoxide rings is 1. The van der Waals surface area contributed by atoms with Crippen LogP contribution < -0.4 is 21.3 Å². The number of ether oxygens (including phenoxy) is 1. The van der Waals surface area contributed by atoms with Gasteiger partial charge in [0.1, 0.15) is 30.3 Å². The summed E-state index contributed by atoms with van der Waals surface area (Å²) in [7, 11) is 0. The highest BCUT2D eigenvalue weighted by atomic mass is 16.6. The fourth-order valence-electron chi connectivity index (χ4n) is 5.37. The van der Waals surface area contributed by atoms with E-state index in [0.717, 1.165) is 11.1 Å². The number of aliphatic hydroxyl groups excluding tert-OH is 1. The molecule has 5 atom stereocenters. The number of nitrogens with one attached hydrogen (secondary N) is 4. The van der Waals surface area contributed by atoms with Gasteiger partial charge >= 0.3 is 0 Å². The third-order valence-corrected chi connectivity index (χ3v) is 8.05. The standard InChI is InChI=1S/C36H50N4O7/c1-23(2)18-28(32(43)36(5)22-47-36)38-35(46)30(20-26-14-10-7-11-15-26)40-34(45)29(19-24(3)4)39-33(44)27(37-31(42)21-41)17-16-25-12-8-6-9-13-25/h6-15,23-24,27-30,41H,16-22H2,1-5H3,(H,37,42)(H,38,46)(H,39,44)(H,40,45)/t27?,28?,29?,30?,36-/m1/s1. The molecule has 2 aromatic rings. The van der Waals surface area contributed by atoms with Crippen molar-refractivity contribution in [1.29, 1.82) is 0 Å². The number of aliphatic hydroxyl groups is 1. The summed E-state index contributed by atoms with van der Waals surface area (Å²) in [5, 5.41) is 20.4. The summed E-state index contributed by atoms with van der Waals surface area (Å²) >= 11 is 0. The molecule has 4 amide bonds. The summed E-state index contributed by atoms with van der Waals surface area (Å²) in [4.78, 5) is 66.5. The van der Waals surface area contributed by atoms with Crippen LogP contribution in [0.25, 0.3) is 0 Å². The van der Waals surface area contributed by atoms with Gasteiger partial charge in [-0.15, -0.1) is 0 Å². The van der Waals surface area contributed by atoms with Crippen LogP contribution in [0, 0.1) is 11.8 Å². The van der Waals surface area contributed by atoms with Gasteiger partial charge in [-0.3, -0.25) is 24.0 Å². The van der Waals surface area contributed by atoms with E-state index in [9.17, 15) is 29.1 Å². The van der Waals surface area contributed by atoms with Crippen LogP contribution in [0.5, 0.6) is 0 Å². The second-order valence-electron chi connectivity index (χ2n) is 13.3. The Morgan fingerprint density at radius 1 is 0.702 bits per heavy atom. The number of carbonyl (C=O) groups is 5. The molecule has 2 aromatic carbocycles. The van der Waals surface area contributed by atoms with Gasteiger partial charge in [0, 0.05) is 6.42 Å². The molecule has 0 bridgehead atoms. The second kappa shape index (κ2) is 17.7. The molecule has 4 unspecified atom stereocenters. The molecule has 1 saturated heterocycles. The lowest BCUT2D eigenvalue weighted by molar-refractivity contribution is -0.135. The molecule has 47 heavy (non-hydrogen) atoms. The highest BCUT2D eigenvalue weighted by Gasteiger charge is 2.50. The van der Waals surface area contributed by atoms with E-state index in [1.807, 2.05) is 88.4 Å². The number of rotatable bonds is 19. The van der Waals surface area contributed by atoms with Crippen molar-refractivity contribution in [3.8, 4) is 0 Å². The lowest BCUT2D eigenvalue weighted by atomic mass is 9.93. The summed E-state index contributed by atoms with van der Waals surface area (Å²) in [6, 6.07) is 14.8. The lowest BCUT2D eigenvalue weighted by Crippen LogP contribution is -2.59. The molecule has 11 nitrogen and oxygen atoms in total. The predicted octanol–water partition coefficient (Wildman–Crippen LogP) is 2.24. The normalized spacial score (nSPS) is 18.0. The van der Waals surface area contributed by atoms with Crippen LogP contribution in [0.4, 0.5) is 0 Å². The van der Waals surface area contributed by atoms with E-state index in [4.69, 9.17) is 4.74 Å². The fraction of sp³-hybridized carbons (Fsp3) is 0.528. The number of benzene rings is 2. The zero-order chi connectivity index (χ0) is 34.6. The Balaban J connectivity index is 1.81. The van der Waals surface area contributed by atoms with Gasteiger partial charge in [-0.1, -0.05) is 88.4 Å². The molecule has 0 aromatic heterocycles. The molecule has 1 fully saturated rings. The van der Waals surface area contributed by atoms with E-state index in [1.54, 1.807) is 6.92 Å². The van der Waals surface area contributed by atoms with Crippen molar-refractivity contribution in [3.05, 3.63) is 71.8 Å². The maximum absolute atomic E-state index is 13.8. The van der Waals surface area contributed by atoms with Crippen molar-refractivity contribution in [3.63, 3.8) is 0 Å². The molecule has 5 N–H and O–H groups in total. The highest BCUT2D eigenvalue weighted by molar-refractivity contribution is 5.98. The van der Waals surface area contributed by atoms with E-state index in [2.05, 4.69) is 21.3 Å². The minimum atomic E-state index is -1.05. The molecule has 1 aliphatic heterocycles. The van der Waals surface area contributed by atoms with Crippen molar-refractivity contribution in [1.82, 2.24) is 21.3 Å². The number of carbonyl (C=O) groups excluding carboxylic acids is 5. The van der Waals surface area contributed by atoms with Crippen molar-refractivity contribution >= 4 is 29.4 Å². The smallest absolute Gasteiger partial charge is 0.246 e. The van der Waals surface area contributed by atoms with Gasteiger partial charge < -0.3 is 31.1 Å². The molecule has 0 radical (unpaired) electrons. The number of Topliss-reactive ketones (excluding diaryl/α,β-unsaturated/α-hetero) is 1. The van der Waals surface area contributed by atoms with Gasteiger partial charge in [0.05, 0.1) is 12.6 Å². The van der Waals surface area contributed by atoms with Gasteiger partial charge in [-0.05, 0) is 55.6 Å². The Bertz CT molecular complexity index is 1350. The molecule has 3 rings (SSSR count). The van der Waals surface area contributed by atoms with Crippen molar-refractivity contribution in [2.45, 2.75) is 96.5 Å². The molecular weight excluding hydrogens is 600 g/mol. The van der Waals surface area contributed by atoms with E-state index in [0.29, 0.717) is 19.4 Å². The number of amides is 4. The van der Waals surface area contributed by atoms with E-state index >= 15 is 0 Å². The van der Waals surface area contributed by atoms with Gasteiger partial charge in [-0.25, -0.2) is 0 Å². The fourth-order valence-corrected chi connectivity index (χ4v) is 5.37. The van der Waals surface area contributed by atoms with Crippen LogP contribution in [0.1, 0.15) is 65.0 Å². The van der Waals surface area contributed by atoms with Crippen LogP contribution in [0.2, 0.25) is 0 Å². The third-order valence-electron chi connectivity index (χ3n) is 8.05. The summed E-state index contributed by atoms with van der Waals surface area (Å²) in [5.74, 6) is -2.47. The number of ketones is 1. The first-order valence-electron chi connectivity index (χ1n) is 16.4. The second-order valence-corrected chi connectivity index (χ2v) is 13.3. The van der Waals surface area contributed by atoms with Crippen molar-refractivity contribution in [2.75, 3.05) is 13.2 Å². The van der Waals surface area contributed by atoms with Gasteiger partial charge in [0.2, 0.25) is 23.6 Å². The van der Waals surface area contributed by atoms with Crippen LogP contribution in [0.3, 0.4) is 0 Å². The van der Waals surface area contributed by atoms with E-state index < -0.39 is 60.0 Å². The maximum Gasteiger partial charge on any atom is 0.246 e. The van der Waals surface area contributed by atoms with E-state index in [-0.39, 0.29) is 36.9 Å². The Morgan fingerprint density at radius 2 is 1.17 bits per heavy atom. The zero-order valence-corrected chi connectivity index (χ0v) is 28.1. The van der Waals surface area contributed by atoms with Crippen LogP contribution >= 0.6 is 0 Å². The Morgan fingerprint density at radius 3 is 1.70 bits per heavy atom. The number of hydrogen-bond acceptors (Lipinski definition) is 7. The molecule has 256 valence electrons. The molecule has 0 spiro atoms. The quantitative estimate of drug-likeness (QED) is 0.146. The summed E-state index contributed by atoms with van der Waals surface area (Å²) in [5.41, 5.74) is 0.834. The summed E-state index contributed by atoms with van der Waals surface area (Å²) < 4.78 is 5.37. The monoisotopic (exact) mass is 650 g/mol. The molecule has 0 aliphatic carbocycles. The lowest BCUT2D eigenvalue weighted by Gasteiger charge is -2.28. The molecule has 1 aliphatic rings. The van der Waals surface area contributed by atoms with Crippen LogP contribution in [-0.4, -0.2) is 77.5 Å². The third kappa shape index (κ3) is 12.2. The number of hydrogen-bond donors (Lipinski definition) is 5. The van der Waals surface area contributed by atoms with Crippen molar-refractivity contribution in [2.24, 2.45) is 11.8 Å². The van der Waals surface area contributed by atoms with Gasteiger partial charge in [0.15, 0.2) is 5.78 Å². The largest absolute Gasteiger partial charge is 0.387 e. The summed E-state index contributed by atoms with van der Waals surface area (Å²) in [6.45, 7) is 8.94. The summed E-state index contributed by atoms with van der Waals surface area (Å²) in [6.07, 6.45) is 1.55. The van der Waals surface area contributed by atoms with E-state index in [1.165, 1.54) is 0 Å².